The second-order valence-corrected chi connectivity index (χ2v) is 10.7. The standard InChI is InChI=1S/C28H38O4S/c1-4-5-6-10-24(29)20-11-13-22(14-12-20)27-21(15-17-25(27)30)8-7-9-23-16-18-26(33-23)28(31)32-19(2)3/h11-14,16,18-19,21,24,27,29H,4-10,15,17H2,1-3H3/t21-,24?,27+/m1/s1. The molecule has 33 heavy (non-hydrogen) atoms. The van der Waals surface area contributed by atoms with Crippen LogP contribution in [0.15, 0.2) is 36.4 Å². The van der Waals surface area contributed by atoms with Gasteiger partial charge in [0.15, 0.2) is 0 Å². The molecular weight excluding hydrogens is 432 g/mol. The molecule has 1 saturated carbocycles. The number of aliphatic hydroxyl groups excluding tert-OH is 1. The van der Waals surface area contributed by atoms with Crippen LogP contribution in [0.2, 0.25) is 0 Å². The summed E-state index contributed by atoms with van der Waals surface area (Å²) < 4.78 is 5.28. The van der Waals surface area contributed by atoms with Crippen molar-refractivity contribution < 1.29 is 19.4 Å². The molecule has 0 saturated heterocycles. The number of rotatable bonds is 12. The van der Waals surface area contributed by atoms with Crippen LogP contribution < -0.4 is 0 Å². The van der Waals surface area contributed by atoms with Crippen LogP contribution in [0.4, 0.5) is 0 Å². The average molecular weight is 471 g/mol. The van der Waals surface area contributed by atoms with Crippen LogP contribution in [-0.2, 0) is 16.0 Å². The molecule has 1 aliphatic carbocycles. The number of Topliss-reactive ketones (excluding diaryl/α,β-unsaturated/α-hetero) is 1. The average Bonchev–Trinajstić information content (AvgIpc) is 3.40. The Bertz CT molecular complexity index is 899. The quantitative estimate of drug-likeness (QED) is 0.268. The number of esters is 1. The lowest BCUT2D eigenvalue weighted by Gasteiger charge is -2.20. The van der Waals surface area contributed by atoms with Gasteiger partial charge in [0.25, 0.3) is 0 Å². The Kier molecular flexibility index (Phi) is 9.69. The van der Waals surface area contributed by atoms with Crippen LogP contribution in [0.3, 0.4) is 0 Å². The van der Waals surface area contributed by atoms with Crippen LogP contribution in [0.1, 0.15) is 110 Å². The summed E-state index contributed by atoms with van der Waals surface area (Å²) in [7, 11) is 0. The van der Waals surface area contributed by atoms with Crippen molar-refractivity contribution in [2.75, 3.05) is 0 Å². The minimum atomic E-state index is -0.422. The van der Waals surface area contributed by atoms with Gasteiger partial charge in [0.05, 0.1) is 12.2 Å². The van der Waals surface area contributed by atoms with Crippen molar-refractivity contribution in [3.63, 3.8) is 0 Å². The predicted molar refractivity (Wildman–Crippen MR) is 134 cm³/mol. The third kappa shape index (κ3) is 7.25. The Morgan fingerprint density at radius 2 is 1.88 bits per heavy atom. The Hall–Kier alpha value is -1.98. The van der Waals surface area contributed by atoms with Crippen molar-refractivity contribution in [1.82, 2.24) is 0 Å². The molecule has 1 N–H and O–H groups in total. The van der Waals surface area contributed by atoms with Crippen LogP contribution >= 0.6 is 11.3 Å². The second-order valence-electron chi connectivity index (χ2n) is 9.53. The molecule has 2 aromatic rings. The number of aryl methyl sites for hydroxylation is 1. The van der Waals surface area contributed by atoms with Gasteiger partial charge in [0, 0.05) is 17.2 Å². The van der Waals surface area contributed by atoms with Gasteiger partial charge < -0.3 is 9.84 Å². The Morgan fingerprint density at radius 3 is 2.58 bits per heavy atom. The lowest BCUT2D eigenvalue weighted by Crippen LogP contribution is -2.13. The van der Waals surface area contributed by atoms with Gasteiger partial charge in [-0.25, -0.2) is 4.79 Å². The third-order valence-electron chi connectivity index (χ3n) is 6.54. The van der Waals surface area contributed by atoms with Gasteiger partial charge in [0.2, 0.25) is 0 Å². The molecule has 0 spiro atoms. The number of aliphatic hydroxyl groups is 1. The van der Waals surface area contributed by atoms with Crippen LogP contribution in [0, 0.1) is 5.92 Å². The number of ketones is 1. The summed E-state index contributed by atoms with van der Waals surface area (Å²) in [5.41, 5.74) is 2.03. The molecule has 0 amide bonds. The van der Waals surface area contributed by atoms with E-state index in [9.17, 15) is 14.7 Å². The number of benzene rings is 1. The van der Waals surface area contributed by atoms with Crippen molar-refractivity contribution in [2.24, 2.45) is 5.92 Å². The molecule has 3 atom stereocenters. The van der Waals surface area contributed by atoms with E-state index in [4.69, 9.17) is 4.74 Å². The molecule has 1 aliphatic rings. The van der Waals surface area contributed by atoms with Gasteiger partial charge in [-0.15, -0.1) is 11.3 Å². The normalized spacial score (nSPS) is 19.2. The summed E-state index contributed by atoms with van der Waals surface area (Å²) in [5, 5.41) is 10.4. The zero-order chi connectivity index (χ0) is 23.8. The highest BCUT2D eigenvalue weighted by Gasteiger charge is 2.35. The molecule has 0 bridgehead atoms. The first kappa shape index (κ1) is 25.6. The van der Waals surface area contributed by atoms with E-state index < -0.39 is 6.10 Å². The van der Waals surface area contributed by atoms with Crippen LogP contribution in [0.5, 0.6) is 0 Å². The maximum Gasteiger partial charge on any atom is 0.348 e. The maximum absolute atomic E-state index is 12.7. The Balaban J connectivity index is 1.54. The number of hydrogen-bond acceptors (Lipinski definition) is 5. The van der Waals surface area contributed by atoms with Gasteiger partial charge in [0.1, 0.15) is 10.7 Å². The molecule has 3 rings (SSSR count). The summed E-state index contributed by atoms with van der Waals surface area (Å²) in [6.07, 6.45) is 8.10. The van der Waals surface area contributed by atoms with E-state index in [2.05, 4.69) is 6.92 Å². The van der Waals surface area contributed by atoms with Gasteiger partial charge in [-0.2, -0.15) is 0 Å². The molecule has 5 heteroatoms. The molecule has 1 aromatic carbocycles. The van der Waals surface area contributed by atoms with Gasteiger partial charge in [-0.3, -0.25) is 4.79 Å². The zero-order valence-corrected chi connectivity index (χ0v) is 21.0. The predicted octanol–water partition coefficient (Wildman–Crippen LogP) is 7.01. The van der Waals surface area contributed by atoms with Crippen molar-refractivity contribution in [3.8, 4) is 0 Å². The summed E-state index contributed by atoms with van der Waals surface area (Å²) in [6.45, 7) is 5.88. The highest BCUT2D eigenvalue weighted by atomic mass is 32.1. The molecule has 1 fully saturated rings. The number of carbonyl (C=O) groups is 2. The first-order valence-electron chi connectivity index (χ1n) is 12.5. The molecule has 0 radical (unpaired) electrons. The van der Waals surface area contributed by atoms with Gasteiger partial charge >= 0.3 is 5.97 Å². The highest BCUT2D eigenvalue weighted by Crippen LogP contribution is 2.40. The number of hydrogen-bond donors (Lipinski definition) is 1. The lowest BCUT2D eigenvalue weighted by atomic mass is 9.84. The molecule has 1 aromatic heterocycles. The molecule has 1 unspecified atom stereocenters. The summed E-state index contributed by atoms with van der Waals surface area (Å²) in [4.78, 5) is 26.6. The number of carbonyl (C=O) groups excluding carboxylic acids is 2. The molecule has 180 valence electrons. The van der Waals surface area contributed by atoms with Gasteiger partial charge in [-0.1, -0.05) is 50.5 Å². The largest absolute Gasteiger partial charge is 0.459 e. The Morgan fingerprint density at radius 1 is 1.12 bits per heavy atom. The maximum atomic E-state index is 12.7. The molecule has 1 heterocycles. The summed E-state index contributed by atoms with van der Waals surface area (Å²) >= 11 is 1.51. The molecular formula is C28H38O4S. The second kappa shape index (κ2) is 12.5. The lowest BCUT2D eigenvalue weighted by molar-refractivity contribution is -0.119. The van der Waals surface area contributed by atoms with Crippen LogP contribution in [0.25, 0.3) is 0 Å². The summed E-state index contributed by atoms with van der Waals surface area (Å²) in [5.74, 6) is 0.423. The monoisotopic (exact) mass is 470 g/mol. The number of thiophene rings is 1. The third-order valence-corrected chi connectivity index (χ3v) is 7.67. The van der Waals surface area contributed by atoms with E-state index >= 15 is 0 Å². The van der Waals surface area contributed by atoms with Crippen molar-refractivity contribution >= 4 is 23.1 Å². The first-order chi connectivity index (χ1) is 15.9. The minimum absolute atomic E-state index is 0.0313. The fourth-order valence-electron chi connectivity index (χ4n) is 4.79. The van der Waals surface area contributed by atoms with Gasteiger partial charge in [-0.05, 0) is 75.1 Å². The molecule has 4 nitrogen and oxygen atoms in total. The molecule has 0 aliphatic heterocycles. The van der Waals surface area contributed by atoms with Crippen molar-refractivity contribution in [1.29, 1.82) is 0 Å². The van der Waals surface area contributed by atoms with Crippen LogP contribution in [-0.4, -0.2) is 23.0 Å². The minimum Gasteiger partial charge on any atom is -0.459 e. The Labute approximate surface area is 202 Å². The topological polar surface area (TPSA) is 63.6 Å². The SMILES string of the molecule is CCCCCC(O)c1ccc([C@H]2C(=O)CC[C@H]2CCCc2ccc(C(=O)OC(C)C)s2)cc1. The zero-order valence-electron chi connectivity index (χ0n) is 20.2. The fraction of sp³-hybridized carbons (Fsp3) is 0.571. The van der Waals surface area contributed by atoms with E-state index in [1.54, 1.807) is 0 Å². The smallest absolute Gasteiger partial charge is 0.348 e. The highest BCUT2D eigenvalue weighted by molar-refractivity contribution is 7.13. The van der Waals surface area contributed by atoms with E-state index in [0.29, 0.717) is 23.0 Å². The van der Waals surface area contributed by atoms with E-state index in [1.165, 1.54) is 16.2 Å². The van der Waals surface area contributed by atoms with Crippen molar-refractivity contribution in [2.45, 2.75) is 96.7 Å². The summed E-state index contributed by atoms with van der Waals surface area (Å²) in [6, 6.07) is 12.0. The van der Waals surface area contributed by atoms with Crippen molar-refractivity contribution in [3.05, 3.63) is 57.3 Å². The first-order valence-corrected chi connectivity index (χ1v) is 13.3. The number of ether oxygens (including phenoxy) is 1. The van der Waals surface area contributed by atoms with E-state index in [1.807, 2.05) is 50.2 Å². The van der Waals surface area contributed by atoms with E-state index in [0.717, 1.165) is 62.5 Å². The van der Waals surface area contributed by atoms with E-state index in [-0.39, 0.29) is 18.0 Å². The number of unbranched alkanes of at least 4 members (excludes halogenated alkanes) is 2. The fourth-order valence-corrected chi connectivity index (χ4v) is 5.73.